The van der Waals surface area contributed by atoms with Crippen LogP contribution in [0.25, 0.3) is 0 Å². The maximum Gasteiger partial charge on any atom is 0.336 e. The van der Waals surface area contributed by atoms with E-state index in [0.29, 0.717) is 22.8 Å². The highest BCUT2D eigenvalue weighted by molar-refractivity contribution is 5.96. The summed E-state index contributed by atoms with van der Waals surface area (Å²) >= 11 is 0. The zero-order chi connectivity index (χ0) is 24.3. The zero-order valence-corrected chi connectivity index (χ0v) is 19.7. The first-order valence-electron chi connectivity index (χ1n) is 11.1. The predicted octanol–water partition coefficient (Wildman–Crippen LogP) is 5.46. The van der Waals surface area contributed by atoms with Crippen molar-refractivity contribution in [2.75, 3.05) is 0 Å². The second kappa shape index (κ2) is 9.98. The van der Waals surface area contributed by atoms with Gasteiger partial charge in [0.2, 0.25) is 5.91 Å². The van der Waals surface area contributed by atoms with Gasteiger partial charge in [0.15, 0.2) is 0 Å². The molecule has 0 N–H and O–H groups in total. The van der Waals surface area contributed by atoms with Crippen LogP contribution in [0.1, 0.15) is 69.6 Å². The van der Waals surface area contributed by atoms with Crippen LogP contribution in [0, 0.1) is 10.1 Å². The first kappa shape index (κ1) is 24.2. The van der Waals surface area contributed by atoms with Gasteiger partial charge in [0.25, 0.3) is 5.69 Å². The minimum atomic E-state index is -0.466. The molecular formula is C26H30N2O5. The molecule has 0 radical (unpaired) electrons. The molecule has 1 aliphatic rings. The van der Waals surface area contributed by atoms with Crippen molar-refractivity contribution in [2.24, 2.45) is 0 Å². The SMILES string of the molecule is CC1=C(C(=O)OC(C)C)C(c2ccc(C(C)C)cc2)CC(=O)N1Cc1cccc([N+](=O)[O-])c1. The number of nitro benzene ring substituents is 1. The summed E-state index contributed by atoms with van der Waals surface area (Å²) in [6.07, 6.45) is -0.180. The van der Waals surface area contributed by atoms with Crippen LogP contribution in [0.5, 0.6) is 0 Å². The van der Waals surface area contributed by atoms with E-state index in [1.807, 2.05) is 24.3 Å². The van der Waals surface area contributed by atoms with Crippen LogP contribution in [0.4, 0.5) is 5.69 Å². The molecule has 0 saturated heterocycles. The minimum Gasteiger partial charge on any atom is -0.460 e. The summed E-state index contributed by atoms with van der Waals surface area (Å²) in [6, 6.07) is 14.2. The molecule has 7 heteroatoms. The largest absolute Gasteiger partial charge is 0.460 e. The van der Waals surface area contributed by atoms with Gasteiger partial charge < -0.3 is 9.64 Å². The fourth-order valence-electron chi connectivity index (χ4n) is 4.09. The number of ether oxygens (including phenoxy) is 1. The Bertz CT molecular complexity index is 1090. The van der Waals surface area contributed by atoms with Crippen molar-refractivity contribution >= 4 is 17.6 Å². The number of hydrogen-bond donors (Lipinski definition) is 0. The van der Waals surface area contributed by atoms with Gasteiger partial charge in [0, 0.05) is 30.2 Å². The Kier molecular flexibility index (Phi) is 7.31. The molecule has 174 valence electrons. The van der Waals surface area contributed by atoms with Gasteiger partial charge in [-0.1, -0.05) is 50.2 Å². The monoisotopic (exact) mass is 450 g/mol. The third kappa shape index (κ3) is 5.48. The highest BCUT2D eigenvalue weighted by Crippen LogP contribution is 2.38. The van der Waals surface area contributed by atoms with Gasteiger partial charge in [-0.2, -0.15) is 0 Å². The molecule has 3 rings (SSSR count). The van der Waals surface area contributed by atoms with Crippen molar-refractivity contribution in [3.8, 4) is 0 Å². The maximum atomic E-state index is 13.2. The Balaban J connectivity index is 2.02. The van der Waals surface area contributed by atoms with E-state index in [1.165, 1.54) is 22.6 Å². The number of nitrogens with zero attached hydrogens (tertiary/aromatic N) is 2. The van der Waals surface area contributed by atoms with E-state index < -0.39 is 16.8 Å². The standard InChI is InChI=1S/C26H30N2O5/c1-16(2)20-9-11-21(12-10-20)23-14-24(29)27(18(5)25(23)26(30)33-17(3)4)15-19-7-6-8-22(13-19)28(31)32/h6-13,16-17,23H,14-15H2,1-5H3. The minimum absolute atomic E-state index is 0.0406. The van der Waals surface area contributed by atoms with Gasteiger partial charge in [-0.05, 0) is 43.4 Å². The third-order valence-corrected chi connectivity index (χ3v) is 5.85. The number of rotatable bonds is 7. The molecule has 0 aromatic heterocycles. The average Bonchev–Trinajstić information content (AvgIpc) is 2.75. The van der Waals surface area contributed by atoms with E-state index in [9.17, 15) is 19.7 Å². The molecule has 33 heavy (non-hydrogen) atoms. The van der Waals surface area contributed by atoms with Gasteiger partial charge in [0.1, 0.15) is 0 Å². The van der Waals surface area contributed by atoms with Crippen LogP contribution >= 0.6 is 0 Å². The van der Waals surface area contributed by atoms with Crippen molar-refractivity contribution in [1.29, 1.82) is 0 Å². The van der Waals surface area contributed by atoms with Crippen LogP contribution < -0.4 is 0 Å². The van der Waals surface area contributed by atoms with Crippen molar-refractivity contribution in [3.05, 3.63) is 86.6 Å². The second-order valence-electron chi connectivity index (χ2n) is 8.94. The number of non-ortho nitro benzene ring substituents is 1. The summed E-state index contributed by atoms with van der Waals surface area (Å²) in [5, 5.41) is 11.1. The zero-order valence-electron chi connectivity index (χ0n) is 19.7. The Morgan fingerprint density at radius 1 is 1.15 bits per heavy atom. The molecule has 0 fully saturated rings. The normalized spacial score (nSPS) is 16.5. The Hall–Kier alpha value is -3.48. The average molecular weight is 451 g/mol. The van der Waals surface area contributed by atoms with Crippen molar-refractivity contribution in [2.45, 2.75) is 65.5 Å². The van der Waals surface area contributed by atoms with E-state index >= 15 is 0 Å². The summed E-state index contributed by atoms with van der Waals surface area (Å²) in [6.45, 7) is 9.68. The van der Waals surface area contributed by atoms with E-state index in [4.69, 9.17) is 4.74 Å². The van der Waals surface area contributed by atoms with Gasteiger partial charge in [0.05, 0.1) is 23.1 Å². The fraction of sp³-hybridized carbons (Fsp3) is 0.385. The molecule has 1 atom stereocenters. The number of allylic oxidation sites excluding steroid dienone is 1. The highest BCUT2D eigenvalue weighted by atomic mass is 16.6. The number of benzene rings is 2. The number of esters is 1. The van der Waals surface area contributed by atoms with E-state index in [1.54, 1.807) is 32.9 Å². The lowest BCUT2D eigenvalue weighted by Crippen LogP contribution is -2.38. The van der Waals surface area contributed by atoms with Crippen LogP contribution in [0.3, 0.4) is 0 Å². The highest BCUT2D eigenvalue weighted by Gasteiger charge is 2.37. The molecule has 0 saturated carbocycles. The molecular weight excluding hydrogens is 420 g/mol. The quantitative estimate of drug-likeness (QED) is 0.317. The van der Waals surface area contributed by atoms with Crippen molar-refractivity contribution in [3.63, 3.8) is 0 Å². The van der Waals surface area contributed by atoms with E-state index in [0.717, 1.165) is 5.56 Å². The number of nitro groups is 1. The van der Waals surface area contributed by atoms with Crippen LogP contribution in [-0.2, 0) is 20.9 Å². The van der Waals surface area contributed by atoms with Crippen LogP contribution in [-0.4, -0.2) is 27.8 Å². The first-order valence-corrected chi connectivity index (χ1v) is 11.1. The van der Waals surface area contributed by atoms with Crippen molar-refractivity contribution in [1.82, 2.24) is 4.90 Å². The van der Waals surface area contributed by atoms with Gasteiger partial charge in [-0.3, -0.25) is 14.9 Å². The number of hydrogen-bond acceptors (Lipinski definition) is 5. The fourth-order valence-corrected chi connectivity index (χ4v) is 4.09. The van der Waals surface area contributed by atoms with Gasteiger partial charge >= 0.3 is 5.97 Å². The van der Waals surface area contributed by atoms with E-state index in [-0.39, 0.29) is 30.7 Å². The molecule has 0 aliphatic carbocycles. The summed E-state index contributed by atoms with van der Waals surface area (Å²) in [5.74, 6) is -0.624. The molecule has 1 amide bonds. The first-order chi connectivity index (χ1) is 15.6. The molecule has 0 spiro atoms. The molecule has 1 heterocycles. The molecule has 1 unspecified atom stereocenters. The van der Waals surface area contributed by atoms with Crippen molar-refractivity contribution < 1.29 is 19.2 Å². The summed E-state index contributed by atoms with van der Waals surface area (Å²) in [4.78, 5) is 38.5. The van der Waals surface area contributed by atoms with Crippen LogP contribution in [0.15, 0.2) is 59.8 Å². The number of carbonyl (C=O) groups excluding carboxylic acids is 2. The lowest BCUT2D eigenvalue weighted by atomic mass is 9.83. The Labute approximate surface area is 194 Å². The number of amides is 1. The predicted molar refractivity (Wildman–Crippen MR) is 125 cm³/mol. The molecule has 2 aromatic rings. The second-order valence-corrected chi connectivity index (χ2v) is 8.94. The third-order valence-electron chi connectivity index (χ3n) is 5.85. The number of carbonyl (C=O) groups is 2. The van der Waals surface area contributed by atoms with Crippen LogP contribution in [0.2, 0.25) is 0 Å². The summed E-state index contributed by atoms with van der Waals surface area (Å²) < 4.78 is 5.53. The summed E-state index contributed by atoms with van der Waals surface area (Å²) in [5.41, 5.74) is 3.61. The smallest absolute Gasteiger partial charge is 0.336 e. The maximum absolute atomic E-state index is 13.2. The topological polar surface area (TPSA) is 89.8 Å². The Morgan fingerprint density at radius 2 is 1.82 bits per heavy atom. The lowest BCUT2D eigenvalue weighted by Gasteiger charge is -2.35. The Morgan fingerprint density at radius 3 is 2.39 bits per heavy atom. The molecule has 2 aromatic carbocycles. The summed E-state index contributed by atoms with van der Waals surface area (Å²) in [7, 11) is 0. The lowest BCUT2D eigenvalue weighted by molar-refractivity contribution is -0.384. The molecule has 0 bridgehead atoms. The molecule has 7 nitrogen and oxygen atoms in total. The van der Waals surface area contributed by atoms with E-state index in [2.05, 4.69) is 13.8 Å². The molecule has 1 aliphatic heterocycles. The van der Waals surface area contributed by atoms with Gasteiger partial charge in [-0.15, -0.1) is 0 Å². The van der Waals surface area contributed by atoms with Gasteiger partial charge in [-0.25, -0.2) is 4.79 Å².